The minimum absolute atomic E-state index is 0. The molecule has 1 fully saturated rings. The van der Waals surface area contributed by atoms with Crippen molar-refractivity contribution in [3.05, 3.63) is 51.3 Å². The Balaban J connectivity index is 0.00000289. The van der Waals surface area contributed by atoms with Crippen molar-refractivity contribution in [3.8, 4) is 17.3 Å². The van der Waals surface area contributed by atoms with Gasteiger partial charge in [0.25, 0.3) is 0 Å². The van der Waals surface area contributed by atoms with Crippen LogP contribution in [0.25, 0.3) is 22.7 Å². The smallest absolute Gasteiger partial charge is 0.180 e. The van der Waals surface area contributed by atoms with E-state index in [2.05, 4.69) is 47.8 Å². The zero-order valence-electron chi connectivity index (χ0n) is 20.1. The number of pyridine rings is 1. The summed E-state index contributed by atoms with van der Waals surface area (Å²) in [6.07, 6.45) is 0.657. The maximum atomic E-state index is 6.27. The fourth-order valence-electron chi connectivity index (χ4n) is 3.96. The number of nitrogens with one attached hydrogen (secondary N) is 1. The first-order valence-corrected chi connectivity index (χ1v) is 12.9. The number of likely N-dealkylation sites (N-methyl/N-ethyl adjacent to an activating group) is 1. The average molecular weight is 534 g/mol. The third-order valence-electron chi connectivity index (χ3n) is 5.89. The van der Waals surface area contributed by atoms with Crippen LogP contribution in [-0.4, -0.2) is 64.7 Å². The second-order valence-corrected chi connectivity index (χ2v) is 10.6. The predicted molar refractivity (Wildman–Crippen MR) is 147 cm³/mol. The summed E-state index contributed by atoms with van der Waals surface area (Å²) in [5.41, 5.74) is 3.50. The molecule has 4 aromatic rings. The third kappa shape index (κ3) is 6.06. The van der Waals surface area contributed by atoms with E-state index in [-0.39, 0.29) is 12.4 Å². The number of H-pyrrole nitrogens is 1. The van der Waals surface area contributed by atoms with Crippen molar-refractivity contribution in [2.45, 2.75) is 20.3 Å². The van der Waals surface area contributed by atoms with Gasteiger partial charge in [0.2, 0.25) is 0 Å². The molecule has 4 heterocycles. The van der Waals surface area contributed by atoms with Gasteiger partial charge in [0.1, 0.15) is 17.3 Å². The van der Waals surface area contributed by atoms with Gasteiger partial charge < -0.3 is 19.5 Å². The highest BCUT2D eigenvalue weighted by Gasteiger charge is 2.17. The Bertz CT molecular complexity index is 1280. The second-order valence-electron chi connectivity index (χ2n) is 9.18. The van der Waals surface area contributed by atoms with E-state index in [1.165, 1.54) is 0 Å². The average Bonchev–Trinajstić information content (AvgIpc) is 3.45. The van der Waals surface area contributed by atoms with Crippen molar-refractivity contribution < 1.29 is 4.74 Å². The van der Waals surface area contributed by atoms with Crippen LogP contribution in [0.4, 0.5) is 5.82 Å². The molecule has 1 saturated heterocycles. The number of imidazole rings is 1. The van der Waals surface area contributed by atoms with Gasteiger partial charge in [0.05, 0.1) is 17.1 Å². The largest absolute Gasteiger partial charge is 0.493 e. The molecule has 1 aliphatic rings. The second kappa shape index (κ2) is 11.1. The summed E-state index contributed by atoms with van der Waals surface area (Å²) in [6.45, 7) is 8.99. The monoisotopic (exact) mass is 532 g/mol. The molecule has 0 radical (unpaired) electrons. The number of benzene rings is 1. The number of halogens is 2. The van der Waals surface area contributed by atoms with Gasteiger partial charge in [0, 0.05) is 48.6 Å². The van der Waals surface area contributed by atoms with Crippen LogP contribution < -0.4 is 9.64 Å². The van der Waals surface area contributed by atoms with E-state index in [1.807, 2.05) is 23.6 Å². The number of nitrogens with zero attached hydrogens (tertiary/aromatic N) is 5. The van der Waals surface area contributed by atoms with Gasteiger partial charge in [-0.2, -0.15) is 0 Å². The van der Waals surface area contributed by atoms with E-state index in [0.29, 0.717) is 24.0 Å². The van der Waals surface area contributed by atoms with Gasteiger partial charge in [-0.25, -0.2) is 15.0 Å². The van der Waals surface area contributed by atoms with Crippen LogP contribution >= 0.6 is 35.3 Å². The van der Waals surface area contributed by atoms with Crippen LogP contribution in [0, 0.1) is 5.92 Å². The fraction of sp³-hybridized carbons (Fsp3) is 0.400. The molecule has 0 spiro atoms. The summed E-state index contributed by atoms with van der Waals surface area (Å²) in [7, 11) is 2.15. The highest BCUT2D eigenvalue weighted by atomic mass is 35.5. The Kier molecular flexibility index (Phi) is 8.16. The first-order chi connectivity index (χ1) is 16.4. The summed E-state index contributed by atoms with van der Waals surface area (Å²) in [6, 6.07) is 9.90. The molecule has 1 N–H and O–H groups in total. The number of aromatic nitrogens is 4. The summed E-state index contributed by atoms with van der Waals surface area (Å²) in [5.74, 6) is 3.03. The molecule has 0 amide bonds. The molecule has 0 unspecified atom stereocenters. The number of ether oxygens (including phenoxy) is 1. The topological polar surface area (TPSA) is 70.2 Å². The number of anilines is 1. The summed E-state index contributed by atoms with van der Waals surface area (Å²) >= 11 is 7.88. The van der Waals surface area contributed by atoms with Crippen LogP contribution in [0.15, 0.2) is 35.7 Å². The van der Waals surface area contributed by atoms with E-state index in [9.17, 15) is 0 Å². The molecule has 3 aromatic heterocycles. The zero-order valence-corrected chi connectivity index (χ0v) is 22.5. The van der Waals surface area contributed by atoms with Crippen LogP contribution in [-0.2, 0) is 6.42 Å². The van der Waals surface area contributed by atoms with Crippen LogP contribution in [0.2, 0.25) is 5.02 Å². The Hall–Kier alpha value is -2.39. The lowest BCUT2D eigenvalue weighted by Gasteiger charge is -2.33. The highest BCUT2D eigenvalue weighted by Crippen LogP contribution is 2.29. The first kappa shape index (κ1) is 25.7. The summed E-state index contributed by atoms with van der Waals surface area (Å²) in [5, 5.41) is 3.72. The molecule has 186 valence electrons. The molecule has 0 atom stereocenters. The Morgan fingerprint density at radius 2 is 1.89 bits per heavy atom. The first-order valence-electron chi connectivity index (χ1n) is 11.6. The van der Waals surface area contributed by atoms with Gasteiger partial charge in [0.15, 0.2) is 11.5 Å². The highest BCUT2D eigenvalue weighted by molar-refractivity contribution is 7.10. The van der Waals surface area contributed by atoms with Gasteiger partial charge in [-0.05, 0) is 43.3 Å². The van der Waals surface area contributed by atoms with Crippen LogP contribution in [0.5, 0.6) is 5.75 Å². The fourth-order valence-corrected chi connectivity index (χ4v) is 4.96. The summed E-state index contributed by atoms with van der Waals surface area (Å²) in [4.78, 5) is 22.4. The number of fused-ring (bicyclic) bond motifs is 1. The minimum atomic E-state index is 0. The number of aromatic amines is 1. The third-order valence-corrected chi connectivity index (χ3v) is 6.97. The number of hydrogen-bond donors (Lipinski definition) is 1. The lowest BCUT2D eigenvalue weighted by Crippen LogP contribution is -2.44. The van der Waals surface area contributed by atoms with E-state index in [1.54, 1.807) is 11.3 Å². The van der Waals surface area contributed by atoms with Crippen molar-refractivity contribution in [1.29, 1.82) is 0 Å². The molecule has 1 aromatic carbocycles. The lowest BCUT2D eigenvalue weighted by molar-refractivity contribution is 0.269. The molecular formula is C25H30Cl2N6OS. The maximum Gasteiger partial charge on any atom is 0.180 e. The van der Waals surface area contributed by atoms with Crippen molar-refractivity contribution in [2.24, 2.45) is 5.92 Å². The molecule has 5 rings (SSSR count). The van der Waals surface area contributed by atoms with Gasteiger partial charge in [-0.3, -0.25) is 0 Å². The number of piperazine rings is 1. The minimum Gasteiger partial charge on any atom is -0.493 e. The van der Waals surface area contributed by atoms with E-state index in [0.717, 1.165) is 71.0 Å². The normalized spacial score (nSPS) is 14.5. The number of rotatable bonds is 7. The van der Waals surface area contributed by atoms with Crippen molar-refractivity contribution in [3.63, 3.8) is 0 Å². The van der Waals surface area contributed by atoms with Crippen molar-refractivity contribution in [1.82, 2.24) is 24.8 Å². The van der Waals surface area contributed by atoms with Crippen LogP contribution in [0.3, 0.4) is 0 Å². The number of hydrogen-bond acceptors (Lipinski definition) is 7. The predicted octanol–water partition coefficient (Wildman–Crippen LogP) is 5.53. The Labute approximate surface area is 220 Å². The molecule has 0 saturated carbocycles. The van der Waals surface area contributed by atoms with Crippen LogP contribution in [0.1, 0.15) is 24.4 Å². The quantitative estimate of drug-likeness (QED) is 0.337. The molecule has 0 bridgehead atoms. The number of thiazole rings is 1. The van der Waals surface area contributed by atoms with Gasteiger partial charge in [-0.1, -0.05) is 25.4 Å². The van der Waals surface area contributed by atoms with Crippen molar-refractivity contribution in [2.75, 3.05) is 44.7 Å². The van der Waals surface area contributed by atoms with Gasteiger partial charge in [-0.15, -0.1) is 23.7 Å². The maximum absolute atomic E-state index is 6.27. The van der Waals surface area contributed by atoms with E-state index in [4.69, 9.17) is 31.3 Å². The van der Waals surface area contributed by atoms with Gasteiger partial charge >= 0.3 is 0 Å². The van der Waals surface area contributed by atoms with Crippen molar-refractivity contribution >= 4 is 52.3 Å². The van der Waals surface area contributed by atoms with E-state index >= 15 is 0 Å². The molecule has 10 heteroatoms. The standard InChI is InChI=1S/C25H29ClN6OS.ClH/c1-16(2)14-33-21-6-4-18(26)12-17(21)13-23-27-20(15-34-23)25-28-19-5-7-22(29-24(19)30-25)32-10-8-31(3)9-11-32;/h4-7,12,15-16H,8-11,13-14H2,1-3H3,(H,28,29,30);1H. The molecule has 1 aliphatic heterocycles. The summed E-state index contributed by atoms with van der Waals surface area (Å²) < 4.78 is 6.01. The Morgan fingerprint density at radius 1 is 1.09 bits per heavy atom. The Morgan fingerprint density at radius 3 is 2.66 bits per heavy atom. The molecule has 35 heavy (non-hydrogen) atoms. The lowest BCUT2D eigenvalue weighted by atomic mass is 10.1. The molecule has 0 aliphatic carbocycles. The molecule has 7 nitrogen and oxygen atoms in total. The SMILES string of the molecule is CC(C)COc1ccc(Cl)cc1Cc1nc(-c2nc3nc(N4CCN(C)CC4)ccc3[nH]2)cs1.Cl. The zero-order chi connectivity index (χ0) is 23.7. The van der Waals surface area contributed by atoms with E-state index < -0.39 is 0 Å². The molecular weight excluding hydrogens is 503 g/mol.